The first-order valence-electron chi connectivity index (χ1n) is 8.68. The van der Waals surface area contributed by atoms with Gasteiger partial charge in [0.05, 0.1) is 13.7 Å². The van der Waals surface area contributed by atoms with Crippen LogP contribution in [0.1, 0.15) is 42.3 Å². The van der Waals surface area contributed by atoms with E-state index in [1.165, 1.54) is 5.56 Å². The maximum absolute atomic E-state index is 12.5. The molecule has 0 bridgehead atoms. The summed E-state index contributed by atoms with van der Waals surface area (Å²) in [4.78, 5) is 12.5. The summed E-state index contributed by atoms with van der Waals surface area (Å²) in [5, 5.41) is 2.93. The minimum atomic E-state index is -0.142. The molecule has 0 radical (unpaired) electrons. The van der Waals surface area contributed by atoms with Crippen molar-refractivity contribution in [3.05, 3.63) is 59.2 Å². The number of amides is 1. The smallest absolute Gasteiger partial charge is 0.255 e. The molecule has 0 heterocycles. The second kappa shape index (κ2) is 9.23. The van der Waals surface area contributed by atoms with Crippen LogP contribution in [0.25, 0.3) is 0 Å². The molecule has 2 aromatic carbocycles. The van der Waals surface area contributed by atoms with Crippen LogP contribution in [0.2, 0.25) is 0 Å². The van der Waals surface area contributed by atoms with Gasteiger partial charge in [0, 0.05) is 23.4 Å². The molecule has 0 aliphatic carbocycles. The van der Waals surface area contributed by atoms with Gasteiger partial charge >= 0.3 is 0 Å². The number of rotatable bonds is 8. The van der Waals surface area contributed by atoms with E-state index in [4.69, 9.17) is 9.47 Å². The molecule has 4 nitrogen and oxygen atoms in total. The Bertz CT molecular complexity index is 693. The van der Waals surface area contributed by atoms with E-state index in [-0.39, 0.29) is 5.91 Å². The molecule has 25 heavy (non-hydrogen) atoms. The van der Waals surface area contributed by atoms with Crippen LogP contribution in [0, 0.1) is 5.92 Å². The summed E-state index contributed by atoms with van der Waals surface area (Å²) in [6.07, 6.45) is 0.979. The molecule has 0 unspecified atom stereocenters. The summed E-state index contributed by atoms with van der Waals surface area (Å²) in [6, 6.07) is 13.3. The fourth-order valence-electron chi connectivity index (χ4n) is 2.46. The number of nitrogens with one attached hydrogen (secondary N) is 1. The Morgan fingerprint density at radius 2 is 1.84 bits per heavy atom. The highest BCUT2D eigenvalue weighted by atomic mass is 16.5. The van der Waals surface area contributed by atoms with Gasteiger partial charge in [-0.2, -0.15) is 0 Å². The van der Waals surface area contributed by atoms with Crippen LogP contribution in [0.5, 0.6) is 5.75 Å². The van der Waals surface area contributed by atoms with Crippen molar-refractivity contribution in [2.45, 2.75) is 33.8 Å². The topological polar surface area (TPSA) is 47.6 Å². The lowest BCUT2D eigenvalue weighted by Crippen LogP contribution is -2.13. The third kappa shape index (κ3) is 5.61. The molecule has 1 N–H and O–H groups in total. The summed E-state index contributed by atoms with van der Waals surface area (Å²) in [7, 11) is 1.62. The normalized spacial score (nSPS) is 10.8. The Hall–Kier alpha value is -2.33. The number of carbonyl (C=O) groups is 1. The van der Waals surface area contributed by atoms with Crippen LogP contribution in [0.4, 0.5) is 5.69 Å². The summed E-state index contributed by atoms with van der Waals surface area (Å²) in [5.74, 6) is 1.05. The predicted octanol–water partition coefficient (Wildman–Crippen LogP) is 4.68. The van der Waals surface area contributed by atoms with Gasteiger partial charge in [0.1, 0.15) is 5.75 Å². The standard InChI is InChI=1S/C21H27NO3/c1-5-16-6-9-19(10-7-16)22-21(23)17-8-11-20(24-4)18(12-17)14-25-13-15(2)3/h6-12,15H,5,13-14H2,1-4H3,(H,22,23). The van der Waals surface area contributed by atoms with Crippen molar-refractivity contribution < 1.29 is 14.3 Å². The lowest BCUT2D eigenvalue weighted by molar-refractivity contribution is 0.0952. The second-order valence-electron chi connectivity index (χ2n) is 6.44. The zero-order valence-electron chi connectivity index (χ0n) is 15.5. The molecule has 4 heteroatoms. The molecule has 0 atom stereocenters. The molecule has 2 rings (SSSR count). The van der Waals surface area contributed by atoms with E-state index in [0.717, 1.165) is 23.4 Å². The van der Waals surface area contributed by atoms with Gasteiger partial charge in [-0.05, 0) is 48.2 Å². The lowest BCUT2D eigenvalue weighted by Gasteiger charge is -2.13. The number of anilines is 1. The SMILES string of the molecule is CCc1ccc(NC(=O)c2ccc(OC)c(COCC(C)C)c2)cc1. The zero-order valence-corrected chi connectivity index (χ0v) is 15.5. The number of aryl methyl sites for hydroxylation is 1. The van der Waals surface area contributed by atoms with Gasteiger partial charge in [0.15, 0.2) is 0 Å². The molecule has 0 aromatic heterocycles. The van der Waals surface area contributed by atoms with Gasteiger partial charge < -0.3 is 14.8 Å². The number of hydrogen-bond acceptors (Lipinski definition) is 3. The molecule has 0 fully saturated rings. The fraction of sp³-hybridized carbons (Fsp3) is 0.381. The summed E-state index contributed by atoms with van der Waals surface area (Å²) < 4.78 is 11.1. The van der Waals surface area contributed by atoms with Crippen LogP contribution in [0.3, 0.4) is 0 Å². The summed E-state index contributed by atoms with van der Waals surface area (Å²) in [5.41, 5.74) is 3.49. The van der Waals surface area contributed by atoms with Gasteiger partial charge in [-0.1, -0.05) is 32.9 Å². The van der Waals surface area contributed by atoms with Gasteiger partial charge in [-0.15, -0.1) is 0 Å². The Morgan fingerprint density at radius 1 is 1.12 bits per heavy atom. The van der Waals surface area contributed by atoms with Crippen molar-refractivity contribution in [2.75, 3.05) is 19.0 Å². The molecular formula is C21H27NO3. The van der Waals surface area contributed by atoms with E-state index in [9.17, 15) is 4.79 Å². The lowest BCUT2D eigenvalue weighted by atomic mass is 10.1. The Kier molecular flexibility index (Phi) is 7.02. The van der Waals surface area contributed by atoms with E-state index >= 15 is 0 Å². The molecular weight excluding hydrogens is 314 g/mol. The van der Waals surface area contributed by atoms with Gasteiger partial charge in [0.25, 0.3) is 5.91 Å². The van der Waals surface area contributed by atoms with Crippen molar-refractivity contribution in [1.82, 2.24) is 0 Å². The first-order valence-corrected chi connectivity index (χ1v) is 8.68. The van der Waals surface area contributed by atoms with Crippen molar-refractivity contribution >= 4 is 11.6 Å². The highest BCUT2D eigenvalue weighted by Gasteiger charge is 2.11. The third-order valence-corrected chi connectivity index (χ3v) is 3.87. The minimum absolute atomic E-state index is 0.142. The highest BCUT2D eigenvalue weighted by molar-refractivity contribution is 6.04. The van der Waals surface area contributed by atoms with Gasteiger partial charge in [-0.25, -0.2) is 0 Å². The molecule has 2 aromatic rings. The first-order chi connectivity index (χ1) is 12.0. The number of carbonyl (C=O) groups excluding carboxylic acids is 1. The van der Waals surface area contributed by atoms with Crippen LogP contribution in [-0.2, 0) is 17.8 Å². The second-order valence-corrected chi connectivity index (χ2v) is 6.44. The summed E-state index contributed by atoms with van der Waals surface area (Å²) >= 11 is 0. The molecule has 0 saturated carbocycles. The van der Waals surface area contributed by atoms with Crippen molar-refractivity contribution in [3.8, 4) is 5.75 Å². The Morgan fingerprint density at radius 3 is 2.44 bits per heavy atom. The van der Waals surface area contributed by atoms with Crippen LogP contribution < -0.4 is 10.1 Å². The number of ether oxygens (including phenoxy) is 2. The van der Waals surface area contributed by atoms with Crippen molar-refractivity contribution in [3.63, 3.8) is 0 Å². The maximum atomic E-state index is 12.5. The number of methoxy groups -OCH3 is 1. The molecule has 134 valence electrons. The Labute approximate surface area is 150 Å². The van der Waals surface area contributed by atoms with E-state index in [1.807, 2.05) is 36.4 Å². The van der Waals surface area contributed by atoms with Crippen molar-refractivity contribution in [1.29, 1.82) is 0 Å². The first kappa shape index (κ1) is 19.0. The molecule has 0 aliphatic heterocycles. The van der Waals surface area contributed by atoms with E-state index in [1.54, 1.807) is 13.2 Å². The van der Waals surface area contributed by atoms with Crippen LogP contribution in [-0.4, -0.2) is 19.6 Å². The highest BCUT2D eigenvalue weighted by Crippen LogP contribution is 2.22. The van der Waals surface area contributed by atoms with Crippen molar-refractivity contribution in [2.24, 2.45) is 5.92 Å². The van der Waals surface area contributed by atoms with Crippen LogP contribution in [0.15, 0.2) is 42.5 Å². The van der Waals surface area contributed by atoms with Gasteiger partial charge in [0.2, 0.25) is 0 Å². The maximum Gasteiger partial charge on any atom is 0.255 e. The fourth-order valence-corrected chi connectivity index (χ4v) is 2.46. The molecule has 0 aliphatic rings. The van der Waals surface area contributed by atoms with E-state index in [0.29, 0.717) is 24.7 Å². The molecule has 1 amide bonds. The van der Waals surface area contributed by atoms with Gasteiger partial charge in [-0.3, -0.25) is 4.79 Å². The monoisotopic (exact) mass is 341 g/mol. The van der Waals surface area contributed by atoms with E-state index < -0.39 is 0 Å². The molecule has 0 saturated heterocycles. The summed E-state index contributed by atoms with van der Waals surface area (Å²) in [6.45, 7) is 7.40. The van der Waals surface area contributed by atoms with Crippen LogP contribution >= 0.6 is 0 Å². The number of benzene rings is 2. The predicted molar refractivity (Wildman–Crippen MR) is 101 cm³/mol. The minimum Gasteiger partial charge on any atom is -0.496 e. The largest absolute Gasteiger partial charge is 0.496 e. The average Bonchev–Trinajstić information content (AvgIpc) is 2.62. The third-order valence-electron chi connectivity index (χ3n) is 3.87. The van der Waals surface area contributed by atoms with E-state index in [2.05, 4.69) is 26.1 Å². The quantitative estimate of drug-likeness (QED) is 0.758. The molecule has 0 spiro atoms. The Balaban J connectivity index is 2.09. The zero-order chi connectivity index (χ0) is 18.2. The average molecular weight is 341 g/mol. The number of hydrogen-bond donors (Lipinski definition) is 1.